The summed E-state index contributed by atoms with van der Waals surface area (Å²) in [6.45, 7) is 3.27. The lowest BCUT2D eigenvalue weighted by Crippen LogP contribution is -2.52. The van der Waals surface area contributed by atoms with E-state index in [2.05, 4.69) is 38.1 Å². The number of amides is 3. The lowest BCUT2D eigenvalue weighted by Gasteiger charge is -2.41. The van der Waals surface area contributed by atoms with Crippen molar-refractivity contribution in [2.75, 3.05) is 32.5 Å². The highest BCUT2D eigenvalue weighted by Crippen LogP contribution is 2.29. The number of aromatic nitrogens is 4. The molecule has 0 saturated heterocycles. The zero-order valence-corrected chi connectivity index (χ0v) is 23.7. The Morgan fingerprint density at radius 3 is 2.60 bits per heavy atom. The molecule has 3 atom stereocenters. The van der Waals surface area contributed by atoms with E-state index >= 15 is 0 Å². The summed E-state index contributed by atoms with van der Waals surface area (Å²) in [6, 6.07) is 13.9. The Kier molecular flexibility index (Phi) is 9.81. The summed E-state index contributed by atoms with van der Waals surface area (Å²) >= 11 is 0. The molecule has 0 spiro atoms. The van der Waals surface area contributed by atoms with Gasteiger partial charge < -0.3 is 20.4 Å². The van der Waals surface area contributed by atoms with E-state index in [4.69, 9.17) is 0 Å². The molecule has 1 aliphatic rings. The molecule has 0 bridgehead atoms. The first-order chi connectivity index (χ1) is 19.2. The molecule has 4 rings (SSSR count). The van der Waals surface area contributed by atoms with Crippen molar-refractivity contribution in [3.8, 4) is 11.4 Å². The van der Waals surface area contributed by atoms with E-state index in [-0.39, 0.29) is 35.8 Å². The van der Waals surface area contributed by atoms with Crippen LogP contribution in [0.25, 0.3) is 11.4 Å². The van der Waals surface area contributed by atoms with Crippen molar-refractivity contribution in [1.82, 2.24) is 35.3 Å². The van der Waals surface area contributed by atoms with Gasteiger partial charge in [-0.2, -0.15) is 0 Å². The second kappa shape index (κ2) is 13.5. The van der Waals surface area contributed by atoms with Crippen LogP contribution in [0, 0.1) is 11.7 Å². The molecular formula is C29H39FN8O2. The number of benzene rings is 2. The molecule has 2 N–H and O–H groups in total. The normalized spacial score (nSPS) is 18.9. The van der Waals surface area contributed by atoms with E-state index in [1.54, 1.807) is 18.7 Å². The Labute approximate surface area is 234 Å². The van der Waals surface area contributed by atoms with Crippen LogP contribution < -0.4 is 10.6 Å². The summed E-state index contributed by atoms with van der Waals surface area (Å²) in [5, 5.41) is 17.8. The summed E-state index contributed by atoms with van der Waals surface area (Å²) in [6.07, 6.45) is 4.26. The number of hydrogen-bond donors (Lipinski definition) is 2. The van der Waals surface area contributed by atoms with Gasteiger partial charge in [-0.05, 0) is 91.9 Å². The Balaban J connectivity index is 1.36. The van der Waals surface area contributed by atoms with Gasteiger partial charge in [-0.15, -0.1) is 5.10 Å². The van der Waals surface area contributed by atoms with Gasteiger partial charge in [0.15, 0.2) is 5.82 Å². The summed E-state index contributed by atoms with van der Waals surface area (Å²) in [4.78, 5) is 29.3. The van der Waals surface area contributed by atoms with Gasteiger partial charge in [-0.1, -0.05) is 24.3 Å². The van der Waals surface area contributed by atoms with Crippen LogP contribution in [0.1, 0.15) is 38.2 Å². The predicted octanol–water partition coefficient (Wildman–Crippen LogP) is 3.72. The molecule has 214 valence electrons. The standard InChI is InChI=1S/C29H39FN8O2/c1-20(39)37(3)26-14-15-27(23(18-26)19-36(2)16-6-7-21-10-12-24(30)13-11-21)32-29(40)31-25-9-5-8-22(17-25)28-33-34-35-38(28)4/h5,8-13,17,23,26-27H,6-7,14-16,18-19H2,1-4H3,(H2,31,32,40)/t23-,26+,27+/m0/s1. The van der Waals surface area contributed by atoms with E-state index in [0.717, 1.165) is 56.3 Å². The van der Waals surface area contributed by atoms with Crippen LogP contribution in [0.5, 0.6) is 0 Å². The van der Waals surface area contributed by atoms with Crippen molar-refractivity contribution >= 4 is 17.6 Å². The number of hydrogen-bond acceptors (Lipinski definition) is 6. The smallest absolute Gasteiger partial charge is 0.319 e. The second-order valence-electron chi connectivity index (χ2n) is 10.8. The van der Waals surface area contributed by atoms with Crippen molar-refractivity contribution in [2.45, 2.75) is 51.1 Å². The van der Waals surface area contributed by atoms with Crippen molar-refractivity contribution in [1.29, 1.82) is 0 Å². The predicted molar refractivity (Wildman–Crippen MR) is 152 cm³/mol. The molecule has 1 heterocycles. The first-order valence-corrected chi connectivity index (χ1v) is 13.8. The van der Waals surface area contributed by atoms with Gasteiger partial charge in [0.1, 0.15) is 5.82 Å². The lowest BCUT2D eigenvalue weighted by molar-refractivity contribution is -0.130. The molecule has 0 unspecified atom stereocenters. The average Bonchev–Trinajstić information content (AvgIpc) is 3.36. The molecule has 11 heteroatoms. The van der Waals surface area contributed by atoms with Gasteiger partial charge in [0.05, 0.1) is 0 Å². The number of halogens is 1. The number of aryl methyl sites for hydroxylation is 2. The van der Waals surface area contributed by atoms with E-state index in [1.165, 1.54) is 12.1 Å². The molecule has 1 aromatic heterocycles. The summed E-state index contributed by atoms with van der Waals surface area (Å²) in [5.74, 6) is 0.623. The fraction of sp³-hybridized carbons (Fsp3) is 0.483. The molecule has 40 heavy (non-hydrogen) atoms. The van der Waals surface area contributed by atoms with E-state index in [9.17, 15) is 14.0 Å². The van der Waals surface area contributed by atoms with E-state index in [0.29, 0.717) is 11.5 Å². The van der Waals surface area contributed by atoms with Crippen LogP contribution in [0.2, 0.25) is 0 Å². The molecule has 0 radical (unpaired) electrons. The van der Waals surface area contributed by atoms with Crippen LogP contribution >= 0.6 is 0 Å². The number of urea groups is 1. The highest BCUT2D eigenvalue weighted by Gasteiger charge is 2.34. The van der Waals surface area contributed by atoms with Crippen LogP contribution in [0.15, 0.2) is 48.5 Å². The number of rotatable bonds is 10. The van der Waals surface area contributed by atoms with Gasteiger partial charge >= 0.3 is 6.03 Å². The highest BCUT2D eigenvalue weighted by atomic mass is 19.1. The number of nitrogens with one attached hydrogen (secondary N) is 2. The van der Waals surface area contributed by atoms with Crippen molar-refractivity contribution in [3.05, 3.63) is 59.9 Å². The molecule has 1 saturated carbocycles. The lowest BCUT2D eigenvalue weighted by atomic mass is 9.80. The van der Waals surface area contributed by atoms with Gasteiger partial charge in [-0.3, -0.25) is 4.79 Å². The summed E-state index contributed by atoms with van der Waals surface area (Å²) < 4.78 is 14.8. The van der Waals surface area contributed by atoms with Gasteiger partial charge in [0, 0.05) is 50.9 Å². The summed E-state index contributed by atoms with van der Waals surface area (Å²) in [7, 11) is 5.71. The van der Waals surface area contributed by atoms with E-state index in [1.807, 2.05) is 48.3 Å². The quantitative estimate of drug-likeness (QED) is 0.398. The highest BCUT2D eigenvalue weighted by molar-refractivity contribution is 5.90. The van der Waals surface area contributed by atoms with Crippen molar-refractivity contribution in [2.24, 2.45) is 13.0 Å². The maximum Gasteiger partial charge on any atom is 0.319 e. The zero-order valence-electron chi connectivity index (χ0n) is 23.7. The van der Waals surface area contributed by atoms with Crippen LogP contribution in [0.4, 0.5) is 14.9 Å². The number of nitrogens with zero attached hydrogens (tertiary/aromatic N) is 6. The molecule has 0 aliphatic heterocycles. The van der Waals surface area contributed by atoms with Crippen LogP contribution in [-0.2, 0) is 18.3 Å². The monoisotopic (exact) mass is 550 g/mol. The van der Waals surface area contributed by atoms with Crippen LogP contribution in [0.3, 0.4) is 0 Å². The minimum Gasteiger partial charge on any atom is -0.343 e. The minimum absolute atomic E-state index is 0.0257. The Morgan fingerprint density at radius 1 is 1.12 bits per heavy atom. The maximum absolute atomic E-state index is 13.2. The molecular weight excluding hydrogens is 511 g/mol. The maximum atomic E-state index is 13.2. The fourth-order valence-corrected chi connectivity index (χ4v) is 5.48. The Hall–Kier alpha value is -3.86. The molecule has 10 nitrogen and oxygen atoms in total. The first-order valence-electron chi connectivity index (χ1n) is 13.8. The molecule has 1 aliphatic carbocycles. The van der Waals surface area contributed by atoms with E-state index < -0.39 is 0 Å². The third-order valence-corrected chi connectivity index (χ3v) is 7.78. The largest absolute Gasteiger partial charge is 0.343 e. The number of anilines is 1. The van der Waals surface area contributed by atoms with Gasteiger partial charge in [0.2, 0.25) is 5.91 Å². The fourth-order valence-electron chi connectivity index (χ4n) is 5.48. The van der Waals surface area contributed by atoms with Crippen LogP contribution in [-0.4, -0.2) is 81.2 Å². The Bertz CT molecular complexity index is 1280. The molecule has 3 amide bonds. The molecule has 3 aromatic rings. The van der Waals surface area contributed by atoms with Gasteiger partial charge in [-0.25, -0.2) is 13.9 Å². The van der Waals surface area contributed by atoms with Crippen molar-refractivity contribution in [3.63, 3.8) is 0 Å². The Morgan fingerprint density at radius 2 is 1.90 bits per heavy atom. The molecule has 1 fully saturated rings. The first kappa shape index (κ1) is 29.1. The number of carbonyl (C=O) groups excluding carboxylic acids is 2. The third-order valence-electron chi connectivity index (χ3n) is 7.78. The summed E-state index contributed by atoms with van der Waals surface area (Å²) in [5.41, 5.74) is 2.57. The number of carbonyl (C=O) groups is 2. The average molecular weight is 551 g/mol. The molecule has 2 aromatic carbocycles. The third kappa shape index (κ3) is 7.84. The van der Waals surface area contributed by atoms with Crippen molar-refractivity contribution < 1.29 is 14.0 Å². The topological polar surface area (TPSA) is 108 Å². The zero-order chi connectivity index (χ0) is 28.6. The van der Waals surface area contributed by atoms with Gasteiger partial charge in [0.25, 0.3) is 0 Å². The number of tetrazole rings is 1. The SMILES string of the molecule is CC(=O)N(C)[C@@H]1CC[C@@H](NC(=O)Nc2cccc(-c3nnnn3C)c2)[C@H](CN(C)CCCc2ccc(F)cc2)C1. The minimum atomic E-state index is -0.263. The second-order valence-corrected chi connectivity index (χ2v) is 10.8.